The topological polar surface area (TPSA) is 53.9 Å². The first-order valence-electron chi connectivity index (χ1n) is 9.78. The standard InChI is InChI=1S/C24H18F5N3O2/c1-32(23(33)30-20-10-12-21(13-11-20)34-24(27,28)29)31-22(17-3-2-4-19(26)15-17)14-7-16-5-8-18(25)9-6-16/h2-15H,1H3,(H,30,33). The van der Waals surface area contributed by atoms with Crippen molar-refractivity contribution < 1.29 is 31.5 Å². The summed E-state index contributed by atoms with van der Waals surface area (Å²) >= 11 is 0. The quantitative estimate of drug-likeness (QED) is 0.253. The van der Waals surface area contributed by atoms with E-state index in [1.165, 1.54) is 67.7 Å². The Kier molecular flexibility index (Phi) is 7.62. The Morgan fingerprint density at radius 2 is 1.65 bits per heavy atom. The van der Waals surface area contributed by atoms with E-state index in [2.05, 4.69) is 15.2 Å². The Bertz CT molecular complexity index is 1190. The molecular weight excluding hydrogens is 457 g/mol. The number of anilines is 1. The van der Waals surface area contributed by atoms with Crippen LogP contribution in [0.1, 0.15) is 11.1 Å². The number of halogens is 5. The van der Waals surface area contributed by atoms with Gasteiger partial charge in [0.2, 0.25) is 0 Å². The number of alkyl halides is 3. The van der Waals surface area contributed by atoms with Crippen LogP contribution in [-0.2, 0) is 0 Å². The van der Waals surface area contributed by atoms with Gasteiger partial charge in [-0.25, -0.2) is 18.6 Å². The Labute approximate surface area is 191 Å². The van der Waals surface area contributed by atoms with E-state index in [1.54, 1.807) is 12.1 Å². The number of carbonyl (C=O) groups excluding carboxylic acids is 1. The summed E-state index contributed by atoms with van der Waals surface area (Å²) in [6.07, 6.45) is -1.67. The number of ether oxygens (including phenoxy) is 1. The van der Waals surface area contributed by atoms with Gasteiger partial charge in [0.1, 0.15) is 17.4 Å². The highest BCUT2D eigenvalue weighted by molar-refractivity contribution is 6.11. The smallest absolute Gasteiger partial charge is 0.406 e. The molecule has 1 N–H and O–H groups in total. The maximum atomic E-state index is 13.8. The van der Waals surface area contributed by atoms with E-state index in [0.717, 1.165) is 17.1 Å². The monoisotopic (exact) mass is 475 g/mol. The average molecular weight is 475 g/mol. The van der Waals surface area contributed by atoms with Crippen LogP contribution in [0, 0.1) is 11.6 Å². The molecule has 0 heterocycles. The summed E-state index contributed by atoms with van der Waals surface area (Å²) in [4.78, 5) is 12.5. The van der Waals surface area contributed by atoms with Gasteiger partial charge in [0, 0.05) is 18.3 Å². The lowest BCUT2D eigenvalue weighted by Crippen LogP contribution is -2.28. The summed E-state index contributed by atoms with van der Waals surface area (Å²) in [6.45, 7) is 0. The zero-order valence-electron chi connectivity index (χ0n) is 17.7. The summed E-state index contributed by atoms with van der Waals surface area (Å²) in [5.74, 6) is -1.34. The fourth-order valence-corrected chi connectivity index (χ4v) is 2.74. The first-order valence-corrected chi connectivity index (χ1v) is 9.78. The van der Waals surface area contributed by atoms with Crippen molar-refractivity contribution in [3.63, 3.8) is 0 Å². The molecule has 3 aromatic carbocycles. The zero-order valence-corrected chi connectivity index (χ0v) is 17.7. The molecular formula is C24H18F5N3O2. The van der Waals surface area contributed by atoms with Crippen molar-refractivity contribution in [1.82, 2.24) is 5.01 Å². The molecule has 3 aromatic rings. The fraction of sp³-hybridized carbons (Fsp3) is 0.0833. The third kappa shape index (κ3) is 7.44. The SMILES string of the molecule is CN(N=C(C=Cc1ccc(F)cc1)c1cccc(F)c1)C(=O)Nc1ccc(OC(F)(F)F)cc1. The molecule has 10 heteroatoms. The van der Waals surface area contributed by atoms with Crippen molar-refractivity contribution in [2.24, 2.45) is 5.10 Å². The number of rotatable bonds is 6. The van der Waals surface area contributed by atoms with Gasteiger partial charge >= 0.3 is 12.4 Å². The molecule has 3 rings (SSSR count). The van der Waals surface area contributed by atoms with Gasteiger partial charge in [0.05, 0.1) is 5.71 Å². The average Bonchev–Trinajstić information content (AvgIpc) is 2.78. The van der Waals surface area contributed by atoms with Gasteiger partial charge in [0.15, 0.2) is 0 Å². The van der Waals surface area contributed by atoms with Crippen molar-refractivity contribution in [2.75, 3.05) is 12.4 Å². The van der Waals surface area contributed by atoms with Crippen molar-refractivity contribution in [1.29, 1.82) is 0 Å². The maximum Gasteiger partial charge on any atom is 0.573 e. The maximum absolute atomic E-state index is 13.8. The molecule has 34 heavy (non-hydrogen) atoms. The second-order valence-corrected chi connectivity index (χ2v) is 6.91. The number of amides is 2. The summed E-state index contributed by atoms with van der Waals surface area (Å²) in [6, 6.07) is 15.1. The number of benzene rings is 3. The van der Waals surface area contributed by atoms with E-state index in [1.807, 2.05) is 0 Å². The molecule has 0 bridgehead atoms. The largest absolute Gasteiger partial charge is 0.573 e. The molecule has 0 aliphatic carbocycles. The van der Waals surface area contributed by atoms with Crippen LogP contribution in [0.5, 0.6) is 5.75 Å². The Morgan fingerprint density at radius 3 is 2.26 bits per heavy atom. The number of hydrogen-bond donors (Lipinski definition) is 1. The molecule has 176 valence electrons. The van der Waals surface area contributed by atoms with Crippen LogP contribution in [0.25, 0.3) is 6.08 Å². The first kappa shape index (κ1) is 24.4. The van der Waals surface area contributed by atoms with E-state index < -0.39 is 29.8 Å². The lowest BCUT2D eigenvalue weighted by Gasteiger charge is -2.15. The zero-order chi connectivity index (χ0) is 24.7. The van der Waals surface area contributed by atoms with E-state index in [4.69, 9.17) is 0 Å². The van der Waals surface area contributed by atoms with Crippen LogP contribution in [0.3, 0.4) is 0 Å². The minimum absolute atomic E-state index is 0.204. The van der Waals surface area contributed by atoms with Crippen molar-refractivity contribution >= 4 is 23.5 Å². The van der Waals surface area contributed by atoms with Gasteiger partial charge in [-0.2, -0.15) is 5.10 Å². The van der Waals surface area contributed by atoms with E-state index in [9.17, 15) is 26.7 Å². The number of allylic oxidation sites excluding steroid dienone is 1. The molecule has 0 aliphatic rings. The van der Waals surface area contributed by atoms with E-state index in [-0.39, 0.29) is 11.4 Å². The number of nitrogens with one attached hydrogen (secondary N) is 1. The molecule has 0 saturated heterocycles. The van der Waals surface area contributed by atoms with E-state index >= 15 is 0 Å². The summed E-state index contributed by atoms with van der Waals surface area (Å²) < 4.78 is 67.5. The second-order valence-electron chi connectivity index (χ2n) is 6.91. The van der Waals surface area contributed by atoms with Crippen LogP contribution in [-0.4, -0.2) is 30.2 Å². The van der Waals surface area contributed by atoms with Crippen molar-refractivity contribution in [3.8, 4) is 5.75 Å². The highest BCUT2D eigenvalue weighted by atomic mass is 19.4. The van der Waals surface area contributed by atoms with Crippen molar-refractivity contribution in [2.45, 2.75) is 6.36 Å². The van der Waals surface area contributed by atoms with Gasteiger partial charge in [-0.15, -0.1) is 13.2 Å². The molecule has 0 atom stereocenters. The van der Waals surface area contributed by atoms with Crippen LogP contribution in [0.2, 0.25) is 0 Å². The number of hydrazone groups is 1. The molecule has 5 nitrogen and oxygen atoms in total. The third-order valence-corrected chi connectivity index (χ3v) is 4.31. The van der Waals surface area contributed by atoms with Crippen molar-refractivity contribution in [3.05, 3.63) is 102 Å². The summed E-state index contributed by atoms with van der Waals surface area (Å²) in [7, 11) is 1.35. The summed E-state index contributed by atoms with van der Waals surface area (Å²) in [5.41, 5.74) is 1.47. The summed E-state index contributed by atoms with van der Waals surface area (Å²) in [5, 5.41) is 7.66. The van der Waals surface area contributed by atoms with Gasteiger partial charge in [-0.3, -0.25) is 0 Å². The number of carbonyl (C=O) groups is 1. The third-order valence-electron chi connectivity index (χ3n) is 4.31. The number of urea groups is 1. The molecule has 0 saturated carbocycles. The van der Waals surface area contributed by atoms with Crippen LogP contribution >= 0.6 is 0 Å². The van der Waals surface area contributed by atoms with Crippen LogP contribution < -0.4 is 10.1 Å². The molecule has 0 aliphatic heterocycles. The predicted octanol–water partition coefficient (Wildman–Crippen LogP) is 6.44. The Hall–Kier alpha value is -4.21. The minimum Gasteiger partial charge on any atom is -0.406 e. The normalized spacial score (nSPS) is 12.0. The molecule has 0 unspecified atom stereocenters. The van der Waals surface area contributed by atoms with Gasteiger partial charge < -0.3 is 10.1 Å². The molecule has 0 spiro atoms. The predicted molar refractivity (Wildman–Crippen MR) is 118 cm³/mol. The van der Waals surface area contributed by atoms with Crippen LogP contribution in [0.15, 0.2) is 84.0 Å². The fourth-order valence-electron chi connectivity index (χ4n) is 2.74. The first-order chi connectivity index (χ1) is 16.1. The van der Waals surface area contributed by atoms with Gasteiger partial charge in [-0.05, 0) is 60.2 Å². The molecule has 0 radical (unpaired) electrons. The lowest BCUT2D eigenvalue weighted by molar-refractivity contribution is -0.274. The number of hydrogen-bond acceptors (Lipinski definition) is 3. The Morgan fingerprint density at radius 1 is 0.971 bits per heavy atom. The minimum atomic E-state index is -4.82. The van der Waals surface area contributed by atoms with E-state index in [0.29, 0.717) is 11.1 Å². The lowest BCUT2D eigenvalue weighted by atomic mass is 10.1. The molecule has 2 amide bonds. The highest BCUT2D eigenvalue weighted by Gasteiger charge is 2.31. The van der Waals surface area contributed by atoms with Crippen LogP contribution in [0.4, 0.5) is 32.4 Å². The van der Waals surface area contributed by atoms with Gasteiger partial charge in [0.25, 0.3) is 0 Å². The molecule has 0 aromatic heterocycles. The highest BCUT2D eigenvalue weighted by Crippen LogP contribution is 2.24. The van der Waals surface area contributed by atoms with Gasteiger partial charge in [-0.1, -0.05) is 30.3 Å². The Balaban J connectivity index is 1.79. The molecule has 0 fully saturated rings. The second kappa shape index (κ2) is 10.6. The number of nitrogens with zero attached hydrogens (tertiary/aromatic N) is 2.